The molecule has 3 heterocycles. The zero-order chi connectivity index (χ0) is 18.3. The number of hydrogen-bond acceptors (Lipinski definition) is 5. The monoisotopic (exact) mass is 358 g/mol. The lowest BCUT2D eigenvalue weighted by Crippen LogP contribution is -2.45. The summed E-state index contributed by atoms with van der Waals surface area (Å²) in [7, 11) is 0. The van der Waals surface area contributed by atoms with Crippen LogP contribution in [0.5, 0.6) is 0 Å². The topological polar surface area (TPSA) is 92.5 Å². The molecule has 136 valence electrons. The number of anilines is 1. The van der Waals surface area contributed by atoms with Crippen molar-refractivity contribution in [2.75, 3.05) is 5.32 Å². The number of hydrogen-bond donors (Lipinski definition) is 3. The molecule has 26 heavy (non-hydrogen) atoms. The van der Waals surface area contributed by atoms with Gasteiger partial charge in [-0.15, -0.1) is 0 Å². The molecule has 0 radical (unpaired) electrons. The van der Waals surface area contributed by atoms with Gasteiger partial charge in [0.25, 0.3) is 0 Å². The van der Waals surface area contributed by atoms with Crippen molar-refractivity contribution >= 4 is 16.9 Å². The summed E-state index contributed by atoms with van der Waals surface area (Å²) in [6.45, 7) is 2.01. The molecular formula is C18H20F2N6. The van der Waals surface area contributed by atoms with Crippen LogP contribution in [0, 0.1) is 11.6 Å². The Bertz CT molecular complexity index is 952. The van der Waals surface area contributed by atoms with Crippen molar-refractivity contribution < 1.29 is 8.78 Å². The van der Waals surface area contributed by atoms with E-state index in [9.17, 15) is 8.78 Å². The van der Waals surface area contributed by atoms with Gasteiger partial charge in [-0.25, -0.2) is 23.7 Å². The van der Waals surface area contributed by atoms with Crippen LogP contribution in [-0.4, -0.2) is 31.5 Å². The van der Waals surface area contributed by atoms with Gasteiger partial charge < -0.3 is 16.0 Å². The summed E-state index contributed by atoms with van der Waals surface area (Å²) in [6, 6.07) is 1.41. The molecule has 1 fully saturated rings. The highest BCUT2D eigenvalue weighted by Gasteiger charge is 2.29. The van der Waals surface area contributed by atoms with Crippen LogP contribution in [-0.2, 0) is 0 Å². The minimum atomic E-state index is -0.526. The Morgan fingerprint density at radius 1 is 1.31 bits per heavy atom. The lowest BCUT2D eigenvalue weighted by Gasteiger charge is -2.35. The molecule has 4 rings (SSSR count). The van der Waals surface area contributed by atoms with Crippen molar-refractivity contribution in [3.63, 3.8) is 0 Å². The van der Waals surface area contributed by atoms with Crippen molar-refractivity contribution in [2.24, 2.45) is 5.73 Å². The predicted molar refractivity (Wildman–Crippen MR) is 95.5 cm³/mol. The Morgan fingerprint density at radius 3 is 2.96 bits per heavy atom. The molecule has 3 aromatic heterocycles. The van der Waals surface area contributed by atoms with E-state index >= 15 is 0 Å². The fraction of sp³-hybridized carbons (Fsp3) is 0.389. The highest BCUT2D eigenvalue weighted by Crippen LogP contribution is 2.30. The number of rotatable bonds is 3. The molecule has 1 aliphatic rings. The van der Waals surface area contributed by atoms with Crippen molar-refractivity contribution in [3.05, 3.63) is 36.3 Å². The first-order chi connectivity index (χ1) is 12.4. The second-order valence-corrected chi connectivity index (χ2v) is 7.23. The maximum Gasteiger partial charge on any atom is 0.183 e. The molecule has 1 saturated carbocycles. The summed E-state index contributed by atoms with van der Waals surface area (Å²) < 4.78 is 27.8. The van der Waals surface area contributed by atoms with E-state index < -0.39 is 11.6 Å². The van der Waals surface area contributed by atoms with Crippen LogP contribution < -0.4 is 11.1 Å². The van der Waals surface area contributed by atoms with Crippen molar-refractivity contribution in [3.8, 4) is 11.4 Å². The number of aromatic nitrogens is 4. The highest BCUT2D eigenvalue weighted by molar-refractivity contribution is 5.91. The minimum absolute atomic E-state index is 0.0538. The Kier molecular flexibility index (Phi) is 4.07. The molecule has 0 unspecified atom stereocenters. The van der Waals surface area contributed by atoms with Gasteiger partial charge in [-0.05, 0) is 38.7 Å². The normalized spacial score (nSPS) is 23.3. The van der Waals surface area contributed by atoms with Crippen LogP contribution in [0.1, 0.15) is 32.6 Å². The number of nitrogens with two attached hydrogens (primary N) is 1. The Hall–Kier alpha value is -2.61. The van der Waals surface area contributed by atoms with Gasteiger partial charge in [0.2, 0.25) is 0 Å². The number of H-pyrrole nitrogens is 1. The standard InChI is InChI=1S/C18H20F2N6/c1-18(21)4-2-3-11(6-18)25-17-14(20)9-24-16(26-17)13-8-23-15-12(13)5-10(19)7-22-15/h5,7-9,11H,2-4,6,21H2,1H3,(H,22,23)(H,24,25,26)/t11-,18-/m1/s1. The maximum atomic E-state index is 14.2. The van der Waals surface area contributed by atoms with E-state index in [4.69, 9.17) is 5.73 Å². The van der Waals surface area contributed by atoms with E-state index in [-0.39, 0.29) is 17.4 Å². The molecule has 0 saturated heterocycles. The van der Waals surface area contributed by atoms with Gasteiger partial charge in [-0.1, -0.05) is 0 Å². The largest absolute Gasteiger partial charge is 0.365 e. The molecular weight excluding hydrogens is 338 g/mol. The lowest BCUT2D eigenvalue weighted by atomic mass is 9.81. The zero-order valence-electron chi connectivity index (χ0n) is 14.4. The van der Waals surface area contributed by atoms with E-state index in [0.717, 1.165) is 38.1 Å². The molecule has 6 nitrogen and oxygen atoms in total. The SMILES string of the molecule is C[C@@]1(N)CCC[C@@H](Nc2nc(-c3c[nH]c4ncc(F)cc34)ncc2F)C1. The number of nitrogens with one attached hydrogen (secondary N) is 2. The van der Waals surface area contributed by atoms with E-state index in [1.54, 1.807) is 6.20 Å². The number of fused-ring (bicyclic) bond motifs is 1. The van der Waals surface area contributed by atoms with Crippen molar-refractivity contribution in [2.45, 2.75) is 44.2 Å². The third-order valence-corrected chi connectivity index (χ3v) is 4.84. The molecule has 0 amide bonds. The predicted octanol–water partition coefficient (Wildman–Crippen LogP) is 3.37. The van der Waals surface area contributed by atoms with Gasteiger partial charge >= 0.3 is 0 Å². The number of halogens is 2. The first kappa shape index (κ1) is 16.8. The van der Waals surface area contributed by atoms with Gasteiger partial charge in [0.1, 0.15) is 11.5 Å². The van der Waals surface area contributed by atoms with E-state index in [1.807, 2.05) is 6.92 Å². The third kappa shape index (κ3) is 3.24. The third-order valence-electron chi connectivity index (χ3n) is 4.84. The smallest absolute Gasteiger partial charge is 0.183 e. The molecule has 0 spiro atoms. The first-order valence-electron chi connectivity index (χ1n) is 8.62. The Labute approximate surface area is 149 Å². The minimum Gasteiger partial charge on any atom is -0.365 e. The highest BCUT2D eigenvalue weighted by atomic mass is 19.1. The van der Waals surface area contributed by atoms with Crippen LogP contribution >= 0.6 is 0 Å². The fourth-order valence-corrected chi connectivity index (χ4v) is 3.60. The number of nitrogens with zero attached hydrogens (tertiary/aromatic N) is 3. The molecule has 1 aliphatic carbocycles. The van der Waals surface area contributed by atoms with Gasteiger partial charge in [-0.3, -0.25) is 0 Å². The summed E-state index contributed by atoms with van der Waals surface area (Å²) in [6.07, 6.45) is 7.50. The summed E-state index contributed by atoms with van der Waals surface area (Å²) in [5.74, 6) is -0.541. The van der Waals surface area contributed by atoms with Gasteiger partial charge in [0.15, 0.2) is 17.5 Å². The van der Waals surface area contributed by atoms with Crippen LogP contribution in [0.3, 0.4) is 0 Å². The fourth-order valence-electron chi connectivity index (χ4n) is 3.60. The van der Waals surface area contributed by atoms with E-state index in [0.29, 0.717) is 22.4 Å². The molecule has 0 bridgehead atoms. The number of aromatic amines is 1. The zero-order valence-corrected chi connectivity index (χ0v) is 14.4. The van der Waals surface area contributed by atoms with Crippen LogP contribution in [0.4, 0.5) is 14.6 Å². The van der Waals surface area contributed by atoms with Crippen molar-refractivity contribution in [1.82, 2.24) is 19.9 Å². The second-order valence-electron chi connectivity index (χ2n) is 7.23. The maximum absolute atomic E-state index is 14.2. The summed E-state index contributed by atoms with van der Waals surface area (Å²) in [5, 5.41) is 3.71. The van der Waals surface area contributed by atoms with E-state index in [1.165, 1.54) is 6.07 Å². The molecule has 2 atom stereocenters. The second kappa shape index (κ2) is 6.28. The molecule has 8 heteroatoms. The van der Waals surface area contributed by atoms with Gasteiger partial charge in [0.05, 0.1) is 12.4 Å². The van der Waals surface area contributed by atoms with Gasteiger partial charge in [-0.2, -0.15) is 0 Å². The number of pyridine rings is 1. The molecule has 3 aromatic rings. The summed E-state index contributed by atoms with van der Waals surface area (Å²) in [4.78, 5) is 15.3. The summed E-state index contributed by atoms with van der Waals surface area (Å²) >= 11 is 0. The van der Waals surface area contributed by atoms with Crippen molar-refractivity contribution in [1.29, 1.82) is 0 Å². The Balaban J connectivity index is 1.66. The Morgan fingerprint density at radius 2 is 2.15 bits per heavy atom. The average Bonchev–Trinajstić information content (AvgIpc) is 2.99. The quantitative estimate of drug-likeness (QED) is 0.668. The lowest BCUT2D eigenvalue weighted by molar-refractivity contribution is 0.302. The van der Waals surface area contributed by atoms with Crippen LogP contribution in [0.2, 0.25) is 0 Å². The summed E-state index contributed by atoms with van der Waals surface area (Å²) in [5.41, 5.74) is 7.06. The van der Waals surface area contributed by atoms with E-state index in [2.05, 4.69) is 25.3 Å². The van der Waals surface area contributed by atoms with Gasteiger partial charge in [0, 0.05) is 28.7 Å². The van der Waals surface area contributed by atoms with Crippen LogP contribution in [0.25, 0.3) is 22.4 Å². The average molecular weight is 358 g/mol. The molecule has 4 N–H and O–H groups in total. The molecule has 0 aromatic carbocycles. The van der Waals surface area contributed by atoms with Crippen LogP contribution in [0.15, 0.2) is 24.7 Å². The molecule has 0 aliphatic heterocycles. The first-order valence-corrected chi connectivity index (χ1v) is 8.62.